The predicted molar refractivity (Wildman–Crippen MR) is 95.1 cm³/mol. The molecule has 2 rings (SSSR count). The minimum atomic E-state index is -0.889. The standard InChI is InChI=1S/C18H25N3O6/c1-6-8-26-16(24)14-11(13(22)7-2)9-20-10-12(15(23)21(14)20)19-17(25)27-18(3,4)5/h6,12H,1,7-10H2,2-5H3,(H,19,25). The molecule has 0 bridgehead atoms. The number of hydrogen-bond acceptors (Lipinski definition) is 7. The van der Waals surface area contributed by atoms with Crippen molar-refractivity contribution < 1.29 is 28.7 Å². The van der Waals surface area contributed by atoms with Gasteiger partial charge in [-0.1, -0.05) is 19.6 Å². The second-order valence-corrected chi connectivity index (χ2v) is 7.19. The average molecular weight is 379 g/mol. The lowest BCUT2D eigenvalue weighted by Gasteiger charge is -2.21. The predicted octanol–water partition coefficient (Wildman–Crippen LogP) is 0.915. The van der Waals surface area contributed by atoms with Gasteiger partial charge in [0, 0.05) is 25.1 Å². The Bertz CT molecular complexity index is 706. The molecule has 2 amide bonds. The number of fused-ring (bicyclic) bond motifs is 1. The van der Waals surface area contributed by atoms with Gasteiger partial charge in [0.15, 0.2) is 11.5 Å². The molecule has 0 spiro atoms. The second kappa shape index (κ2) is 7.91. The Morgan fingerprint density at radius 2 is 2.00 bits per heavy atom. The Balaban J connectivity index is 2.22. The number of carbonyl (C=O) groups excluding carboxylic acids is 4. The van der Waals surface area contributed by atoms with E-state index in [1.165, 1.54) is 11.1 Å². The van der Waals surface area contributed by atoms with E-state index in [0.717, 1.165) is 5.01 Å². The van der Waals surface area contributed by atoms with Gasteiger partial charge in [-0.3, -0.25) is 9.59 Å². The first-order valence-corrected chi connectivity index (χ1v) is 8.71. The molecule has 0 aliphatic carbocycles. The van der Waals surface area contributed by atoms with Crippen LogP contribution < -0.4 is 5.32 Å². The van der Waals surface area contributed by atoms with E-state index in [2.05, 4.69) is 11.9 Å². The third-order valence-corrected chi connectivity index (χ3v) is 3.90. The summed E-state index contributed by atoms with van der Waals surface area (Å²) in [5, 5.41) is 5.17. The van der Waals surface area contributed by atoms with E-state index < -0.39 is 29.6 Å². The normalized spacial score (nSPS) is 19.8. The number of carbonyl (C=O) groups is 4. The molecular weight excluding hydrogens is 354 g/mol. The van der Waals surface area contributed by atoms with Crippen molar-refractivity contribution in [3.8, 4) is 0 Å². The number of nitrogens with one attached hydrogen (secondary N) is 1. The number of esters is 1. The molecule has 0 aromatic rings. The number of amides is 2. The average Bonchev–Trinajstić information content (AvgIpc) is 3.07. The number of ketones is 1. The Kier molecular flexibility index (Phi) is 6.04. The van der Waals surface area contributed by atoms with Crippen LogP contribution in [-0.4, -0.2) is 65.1 Å². The van der Waals surface area contributed by atoms with Crippen molar-refractivity contribution in [2.75, 3.05) is 19.7 Å². The van der Waals surface area contributed by atoms with Crippen molar-refractivity contribution in [2.45, 2.75) is 45.8 Å². The van der Waals surface area contributed by atoms with Gasteiger partial charge in [-0.05, 0) is 20.8 Å². The fourth-order valence-electron chi connectivity index (χ4n) is 2.83. The summed E-state index contributed by atoms with van der Waals surface area (Å²) in [4.78, 5) is 49.4. The number of alkyl carbamates (subject to hydrolysis) is 1. The number of ether oxygens (including phenoxy) is 2. The summed E-state index contributed by atoms with van der Waals surface area (Å²) in [5.41, 5.74) is -0.569. The molecule has 9 nitrogen and oxygen atoms in total. The summed E-state index contributed by atoms with van der Waals surface area (Å²) in [6.45, 7) is 10.5. The molecule has 0 saturated carbocycles. The van der Waals surface area contributed by atoms with Crippen LogP contribution in [0.15, 0.2) is 23.9 Å². The van der Waals surface area contributed by atoms with Gasteiger partial charge in [0.25, 0.3) is 5.91 Å². The lowest BCUT2D eigenvalue weighted by atomic mass is 10.1. The maximum absolute atomic E-state index is 12.8. The van der Waals surface area contributed by atoms with Gasteiger partial charge in [-0.2, -0.15) is 0 Å². The lowest BCUT2D eigenvalue weighted by molar-refractivity contribution is -0.146. The maximum Gasteiger partial charge on any atom is 0.408 e. The monoisotopic (exact) mass is 379 g/mol. The minimum absolute atomic E-state index is 0.0441. The number of hydrazine groups is 1. The number of hydrogen-bond donors (Lipinski definition) is 1. The van der Waals surface area contributed by atoms with Crippen molar-refractivity contribution in [3.63, 3.8) is 0 Å². The van der Waals surface area contributed by atoms with Crippen molar-refractivity contribution in [3.05, 3.63) is 23.9 Å². The van der Waals surface area contributed by atoms with Gasteiger partial charge in [0.1, 0.15) is 18.2 Å². The van der Waals surface area contributed by atoms with Crippen molar-refractivity contribution in [1.29, 1.82) is 0 Å². The maximum atomic E-state index is 12.8. The zero-order valence-electron chi connectivity index (χ0n) is 16.0. The quantitative estimate of drug-likeness (QED) is 0.540. The van der Waals surface area contributed by atoms with E-state index in [-0.39, 0.29) is 43.2 Å². The molecule has 1 saturated heterocycles. The molecule has 148 valence electrons. The molecule has 0 aromatic carbocycles. The highest BCUT2D eigenvalue weighted by Crippen LogP contribution is 2.31. The fourth-order valence-corrected chi connectivity index (χ4v) is 2.83. The van der Waals surface area contributed by atoms with Gasteiger partial charge < -0.3 is 14.8 Å². The van der Waals surface area contributed by atoms with Gasteiger partial charge >= 0.3 is 12.1 Å². The Hall–Kier alpha value is -2.68. The van der Waals surface area contributed by atoms with Crippen molar-refractivity contribution in [1.82, 2.24) is 15.3 Å². The molecule has 1 fully saturated rings. The van der Waals surface area contributed by atoms with E-state index in [0.29, 0.717) is 0 Å². The van der Waals surface area contributed by atoms with Gasteiger partial charge in [0.05, 0.1) is 0 Å². The highest BCUT2D eigenvalue weighted by atomic mass is 16.6. The van der Waals surface area contributed by atoms with Crippen LogP contribution in [0, 0.1) is 0 Å². The van der Waals surface area contributed by atoms with Crippen LogP contribution >= 0.6 is 0 Å². The highest BCUT2D eigenvalue weighted by molar-refractivity contribution is 6.07. The molecule has 1 unspecified atom stereocenters. The Morgan fingerprint density at radius 3 is 2.56 bits per heavy atom. The van der Waals surface area contributed by atoms with Crippen LogP contribution in [0.3, 0.4) is 0 Å². The van der Waals surface area contributed by atoms with Gasteiger partial charge in [0.2, 0.25) is 0 Å². The van der Waals surface area contributed by atoms with Crippen LogP contribution in [0.1, 0.15) is 34.1 Å². The molecule has 9 heteroatoms. The van der Waals surface area contributed by atoms with E-state index in [1.54, 1.807) is 27.7 Å². The summed E-state index contributed by atoms with van der Waals surface area (Å²) in [7, 11) is 0. The summed E-state index contributed by atoms with van der Waals surface area (Å²) in [6, 6.07) is -0.889. The molecule has 1 atom stereocenters. The van der Waals surface area contributed by atoms with E-state index in [9.17, 15) is 19.2 Å². The van der Waals surface area contributed by atoms with Crippen molar-refractivity contribution in [2.24, 2.45) is 0 Å². The summed E-state index contributed by atoms with van der Waals surface area (Å²) in [6.07, 6.45) is 0.863. The lowest BCUT2D eigenvalue weighted by Crippen LogP contribution is -2.45. The summed E-state index contributed by atoms with van der Waals surface area (Å²) in [5.74, 6) is -1.54. The third kappa shape index (κ3) is 4.54. The molecular formula is C18H25N3O6. The first kappa shape index (κ1) is 20.6. The highest BCUT2D eigenvalue weighted by Gasteiger charge is 2.49. The molecule has 0 radical (unpaired) electrons. The van der Waals surface area contributed by atoms with Crippen LogP contribution in [-0.2, 0) is 23.9 Å². The van der Waals surface area contributed by atoms with Crippen LogP contribution in [0.25, 0.3) is 0 Å². The second-order valence-electron chi connectivity index (χ2n) is 7.19. The van der Waals surface area contributed by atoms with Crippen LogP contribution in [0.4, 0.5) is 4.79 Å². The van der Waals surface area contributed by atoms with Gasteiger partial charge in [-0.15, -0.1) is 0 Å². The molecule has 2 aliphatic rings. The zero-order chi connectivity index (χ0) is 20.4. The van der Waals surface area contributed by atoms with E-state index in [4.69, 9.17) is 9.47 Å². The molecule has 1 N–H and O–H groups in total. The molecule has 27 heavy (non-hydrogen) atoms. The van der Waals surface area contributed by atoms with E-state index in [1.807, 2.05) is 0 Å². The third-order valence-electron chi connectivity index (χ3n) is 3.90. The summed E-state index contributed by atoms with van der Waals surface area (Å²) < 4.78 is 10.2. The topological polar surface area (TPSA) is 105 Å². The Labute approximate surface area is 157 Å². The smallest absolute Gasteiger partial charge is 0.408 e. The zero-order valence-corrected chi connectivity index (χ0v) is 16.0. The number of nitrogens with zero attached hydrogens (tertiary/aromatic N) is 2. The van der Waals surface area contributed by atoms with E-state index >= 15 is 0 Å². The first-order valence-electron chi connectivity index (χ1n) is 8.71. The summed E-state index contributed by atoms with van der Waals surface area (Å²) >= 11 is 0. The first-order chi connectivity index (χ1) is 12.6. The van der Waals surface area contributed by atoms with Crippen molar-refractivity contribution >= 4 is 23.8 Å². The number of rotatable bonds is 6. The molecule has 2 aliphatic heterocycles. The molecule has 0 aromatic heterocycles. The minimum Gasteiger partial charge on any atom is -0.457 e. The largest absolute Gasteiger partial charge is 0.457 e. The SMILES string of the molecule is C=CCOC(=O)C1=C(C(=O)CC)CN2CC(NC(=O)OC(C)(C)C)C(=O)N12. The van der Waals surface area contributed by atoms with Crippen LogP contribution in [0.2, 0.25) is 0 Å². The number of Topliss-reactive ketones (excluding diaryl/α,β-unsaturated/α-hetero) is 1. The van der Waals surface area contributed by atoms with Crippen LogP contribution in [0.5, 0.6) is 0 Å². The Morgan fingerprint density at radius 1 is 1.33 bits per heavy atom. The molecule has 2 heterocycles. The van der Waals surface area contributed by atoms with Gasteiger partial charge in [-0.25, -0.2) is 19.6 Å². The fraction of sp³-hybridized carbons (Fsp3) is 0.556.